The van der Waals surface area contributed by atoms with Crippen molar-refractivity contribution < 1.29 is 19.1 Å². The van der Waals surface area contributed by atoms with Gasteiger partial charge in [-0.3, -0.25) is 4.79 Å². The molecule has 0 aliphatic carbocycles. The van der Waals surface area contributed by atoms with Gasteiger partial charge < -0.3 is 9.47 Å². The Labute approximate surface area is 162 Å². The summed E-state index contributed by atoms with van der Waals surface area (Å²) in [7, 11) is 1.56. The zero-order valence-corrected chi connectivity index (χ0v) is 15.6. The normalized spacial score (nSPS) is 18.0. The molecule has 0 aromatic heterocycles. The van der Waals surface area contributed by atoms with Crippen LogP contribution in [0.4, 0.5) is 4.79 Å². The number of cyclic esters (lactones) is 1. The molecule has 2 aromatic rings. The molecule has 8 nitrogen and oxygen atoms in total. The first-order valence-corrected chi connectivity index (χ1v) is 8.79. The first kappa shape index (κ1) is 19.3. The molecule has 8 heteroatoms. The number of nitrogens with zero attached hydrogens (tertiary/aromatic N) is 4. The van der Waals surface area contributed by atoms with Crippen molar-refractivity contribution in [1.82, 2.24) is 4.90 Å². The molecule has 0 spiro atoms. The van der Waals surface area contributed by atoms with Gasteiger partial charge in [0.05, 0.1) is 7.11 Å². The van der Waals surface area contributed by atoms with Crippen molar-refractivity contribution in [2.24, 2.45) is 5.11 Å². The van der Waals surface area contributed by atoms with Crippen LogP contribution in [-0.4, -0.2) is 36.7 Å². The Hall–Kier alpha value is -3.51. The van der Waals surface area contributed by atoms with Crippen LogP contribution in [-0.2, 0) is 9.53 Å². The highest BCUT2D eigenvalue weighted by Crippen LogP contribution is 2.32. The van der Waals surface area contributed by atoms with Gasteiger partial charge in [0.2, 0.25) is 5.91 Å². The second-order valence-electron chi connectivity index (χ2n) is 6.42. The lowest BCUT2D eigenvalue weighted by atomic mass is 9.92. The summed E-state index contributed by atoms with van der Waals surface area (Å²) in [4.78, 5) is 29.4. The summed E-state index contributed by atoms with van der Waals surface area (Å²) < 4.78 is 10.3. The minimum Gasteiger partial charge on any atom is -0.497 e. The quantitative estimate of drug-likeness (QED) is 0.425. The molecule has 2 aromatic carbocycles. The third kappa shape index (κ3) is 3.77. The van der Waals surface area contributed by atoms with E-state index in [2.05, 4.69) is 10.0 Å². The Bertz CT molecular complexity index is 894. The Balaban J connectivity index is 1.90. The van der Waals surface area contributed by atoms with Crippen molar-refractivity contribution in [1.29, 1.82) is 0 Å². The highest BCUT2D eigenvalue weighted by molar-refractivity contribution is 5.97. The monoisotopic (exact) mass is 380 g/mol. The summed E-state index contributed by atoms with van der Waals surface area (Å²) in [5.41, 5.74) is 10.6. The maximum atomic E-state index is 13.2. The summed E-state index contributed by atoms with van der Waals surface area (Å²) in [5.74, 6) is -0.355. The van der Waals surface area contributed by atoms with Crippen LogP contribution in [0.5, 0.6) is 5.75 Å². The zero-order valence-electron chi connectivity index (χ0n) is 15.6. The standard InChI is InChI=1S/C20H20N4O4/c1-13(14-8-10-16(27-2)11-9-14)18(22-23-21)19(25)24-17(12-28-20(24)26)15-6-4-3-5-7-15/h3-11,13,17-18H,12H2,1-2H3/t13-,17-,18-/m0/s1. The SMILES string of the molecule is COc1ccc([C@H](C)[C@H](N=[N+]=[N-])C(=O)N2C(=O)OC[C@H]2c2ccccc2)cc1. The van der Waals surface area contributed by atoms with E-state index in [1.807, 2.05) is 30.3 Å². The Morgan fingerprint density at radius 2 is 1.93 bits per heavy atom. The summed E-state index contributed by atoms with van der Waals surface area (Å²) in [6, 6.07) is 14.6. The van der Waals surface area contributed by atoms with E-state index >= 15 is 0 Å². The van der Waals surface area contributed by atoms with E-state index in [9.17, 15) is 9.59 Å². The van der Waals surface area contributed by atoms with E-state index in [4.69, 9.17) is 15.0 Å². The Morgan fingerprint density at radius 1 is 1.25 bits per heavy atom. The highest BCUT2D eigenvalue weighted by atomic mass is 16.6. The number of carbonyl (C=O) groups is 2. The average molecular weight is 380 g/mol. The molecule has 0 N–H and O–H groups in total. The molecule has 3 atom stereocenters. The largest absolute Gasteiger partial charge is 0.497 e. The van der Waals surface area contributed by atoms with Crippen LogP contribution in [0.15, 0.2) is 59.7 Å². The average Bonchev–Trinajstić information content (AvgIpc) is 3.13. The molecule has 0 radical (unpaired) electrons. The minimum atomic E-state index is -1.09. The highest BCUT2D eigenvalue weighted by Gasteiger charge is 2.42. The number of amides is 2. The number of hydrogen-bond acceptors (Lipinski definition) is 5. The summed E-state index contributed by atoms with van der Waals surface area (Å²) in [6.07, 6.45) is -0.737. The number of ether oxygens (including phenoxy) is 2. The van der Waals surface area contributed by atoms with Crippen LogP contribution in [0.2, 0.25) is 0 Å². The number of methoxy groups -OCH3 is 1. The molecule has 1 aliphatic heterocycles. The van der Waals surface area contributed by atoms with E-state index in [0.717, 1.165) is 16.0 Å². The fourth-order valence-corrected chi connectivity index (χ4v) is 3.24. The fourth-order valence-electron chi connectivity index (χ4n) is 3.24. The van der Waals surface area contributed by atoms with Crippen LogP contribution in [0.1, 0.15) is 30.0 Å². The van der Waals surface area contributed by atoms with Crippen LogP contribution < -0.4 is 4.74 Å². The topological polar surface area (TPSA) is 105 Å². The minimum absolute atomic E-state index is 0.0640. The van der Waals surface area contributed by atoms with E-state index in [-0.39, 0.29) is 6.61 Å². The van der Waals surface area contributed by atoms with Gasteiger partial charge in [0, 0.05) is 4.91 Å². The second-order valence-corrected chi connectivity index (χ2v) is 6.42. The van der Waals surface area contributed by atoms with Crippen molar-refractivity contribution in [2.75, 3.05) is 13.7 Å². The van der Waals surface area contributed by atoms with Crippen molar-refractivity contribution in [3.05, 3.63) is 76.2 Å². The van der Waals surface area contributed by atoms with Gasteiger partial charge in [-0.15, -0.1) is 0 Å². The molecular weight excluding hydrogens is 360 g/mol. The van der Waals surface area contributed by atoms with Gasteiger partial charge in [0.15, 0.2) is 0 Å². The van der Waals surface area contributed by atoms with Crippen molar-refractivity contribution >= 4 is 12.0 Å². The van der Waals surface area contributed by atoms with Gasteiger partial charge in [0.25, 0.3) is 0 Å². The van der Waals surface area contributed by atoms with Gasteiger partial charge in [0.1, 0.15) is 24.4 Å². The Morgan fingerprint density at radius 3 is 2.54 bits per heavy atom. The molecule has 2 amide bonds. The van der Waals surface area contributed by atoms with Crippen molar-refractivity contribution in [2.45, 2.75) is 24.9 Å². The molecule has 0 unspecified atom stereocenters. The second kappa shape index (κ2) is 8.45. The third-order valence-electron chi connectivity index (χ3n) is 4.84. The van der Waals surface area contributed by atoms with Gasteiger partial charge >= 0.3 is 6.09 Å². The summed E-state index contributed by atoms with van der Waals surface area (Å²) in [5, 5.41) is 3.70. The van der Waals surface area contributed by atoms with Crippen LogP contribution in [0, 0.1) is 0 Å². The molecule has 0 bridgehead atoms. The van der Waals surface area contributed by atoms with Crippen LogP contribution >= 0.6 is 0 Å². The number of rotatable bonds is 6. The molecule has 1 saturated heterocycles. The van der Waals surface area contributed by atoms with Crippen molar-refractivity contribution in [3.8, 4) is 5.75 Å². The molecule has 28 heavy (non-hydrogen) atoms. The maximum absolute atomic E-state index is 13.2. The van der Waals surface area contributed by atoms with E-state index in [0.29, 0.717) is 5.75 Å². The number of azide groups is 1. The zero-order chi connectivity index (χ0) is 20.1. The van der Waals surface area contributed by atoms with Gasteiger partial charge in [-0.25, -0.2) is 9.69 Å². The lowest BCUT2D eigenvalue weighted by molar-refractivity contribution is -0.131. The molecule has 0 saturated carbocycles. The van der Waals surface area contributed by atoms with E-state index in [1.54, 1.807) is 38.3 Å². The number of benzene rings is 2. The molecule has 1 fully saturated rings. The number of hydrogen-bond donors (Lipinski definition) is 0. The summed E-state index contributed by atoms with van der Waals surface area (Å²) in [6.45, 7) is 1.84. The first-order chi connectivity index (χ1) is 13.6. The maximum Gasteiger partial charge on any atom is 0.417 e. The predicted molar refractivity (Wildman–Crippen MR) is 102 cm³/mol. The van der Waals surface area contributed by atoms with Gasteiger partial charge in [-0.05, 0) is 34.7 Å². The molecule has 1 aliphatic rings. The van der Waals surface area contributed by atoms with Crippen molar-refractivity contribution in [3.63, 3.8) is 0 Å². The lowest BCUT2D eigenvalue weighted by Crippen LogP contribution is -2.42. The van der Waals surface area contributed by atoms with E-state index < -0.39 is 30.0 Å². The van der Waals surface area contributed by atoms with Crippen LogP contribution in [0.3, 0.4) is 0 Å². The number of carbonyl (C=O) groups excluding carboxylic acids is 2. The van der Waals surface area contributed by atoms with Gasteiger partial charge in [-0.1, -0.05) is 54.5 Å². The smallest absolute Gasteiger partial charge is 0.417 e. The van der Waals surface area contributed by atoms with Crippen LogP contribution in [0.25, 0.3) is 10.4 Å². The first-order valence-electron chi connectivity index (χ1n) is 8.79. The molecule has 144 valence electrons. The summed E-state index contributed by atoms with van der Waals surface area (Å²) >= 11 is 0. The molecular formula is C20H20N4O4. The third-order valence-corrected chi connectivity index (χ3v) is 4.84. The predicted octanol–water partition coefficient (Wildman–Crippen LogP) is 4.20. The molecule has 1 heterocycles. The van der Waals surface area contributed by atoms with Gasteiger partial charge in [-0.2, -0.15) is 0 Å². The molecule has 3 rings (SSSR count). The Kier molecular flexibility index (Phi) is 5.81. The number of imide groups is 1. The van der Waals surface area contributed by atoms with E-state index in [1.165, 1.54) is 0 Å². The fraction of sp³-hybridized carbons (Fsp3) is 0.300. The lowest BCUT2D eigenvalue weighted by Gasteiger charge is -2.26.